The van der Waals surface area contributed by atoms with Gasteiger partial charge in [-0.15, -0.1) is 11.3 Å². The first kappa shape index (κ1) is 13.1. The minimum Gasteiger partial charge on any atom is -0.341 e. The molecule has 0 radical (unpaired) electrons. The van der Waals surface area contributed by atoms with Crippen LogP contribution in [-0.2, 0) is 0 Å². The monoisotopic (exact) mass is 337 g/mol. The lowest BCUT2D eigenvalue weighted by Gasteiger charge is -2.34. The summed E-state index contributed by atoms with van der Waals surface area (Å²) in [6, 6.07) is 8.11. The maximum atomic E-state index is 12.5. The van der Waals surface area contributed by atoms with E-state index in [0.29, 0.717) is 10.7 Å². The number of benzene rings is 1. The maximum absolute atomic E-state index is 12.5. The Bertz CT molecular complexity index is 603. The number of nitrogens with zero attached hydrogens (tertiary/aromatic N) is 1. The molecule has 4 heteroatoms. The highest BCUT2D eigenvalue weighted by Crippen LogP contribution is 2.34. The van der Waals surface area contributed by atoms with Crippen molar-refractivity contribution >= 4 is 43.3 Å². The Morgan fingerprint density at radius 1 is 1.42 bits per heavy atom. The van der Waals surface area contributed by atoms with Gasteiger partial charge in [0.2, 0.25) is 0 Å². The van der Waals surface area contributed by atoms with Crippen LogP contribution >= 0.6 is 27.3 Å². The van der Waals surface area contributed by atoms with E-state index in [-0.39, 0.29) is 5.91 Å². The van der Waals surface area contributed by atoms with E-state index < -0.39 is 0 Å². The van der Waals surface area contributed by atoms with Gasteiger partial charge >= 0.3 is 0 Å². The minimum absolute atomic E-state index is 0.149. The normalized spacial score (nSPS) is 22.2. The molecule has 0 unspecified atom stereocenters. The van der Waals surface area contributed by atoms with Crippen LogP contribution in [0.25, 0.3) is 10.1 Å². The van der Waals surface area contributed by atoms with Crippen LogP contribution in [0.2, 0.25) is 0 Å². The largest absolute Gasteiger partial charge is 0.341 e. The average molecular weight is 338 g/mol. The van der Waals surface area contributed by atoms with Crippen LogP contribution in [-0.4, -0.2) is 29.2 Å². The van der Waals surface area contributed by atoms with Gasteiger partial charge in [-0.3, -0.25) is 4.79 Å². The van der Waals surface area contributed by atoms with E-state index in [9.17, 15) is 4.79 Å². The maximum Gasteiger partial charge on any atom is 0.255 e. The molecule has 3 rings (SSSR count). The highest BCUT2D eigenvalue weighted by molar-refractivity contribution is 9.09. The third-order valence-corrected chi connectivity index (χ3v) is 5.48. The second-order valence-corrected chi connectivity index (χ2v) is 7.47. The highest BCUT2D eigenvalue weighted by atomic mass is 79.9. The Morgan fingerprint density at radius 3 is 2.89 bits per heavy atom. The molecule has 1 aromatic carbocycles. The van der Waals surface area contributed by atoms with Crippen molar-refractivity contribution in [3.8, 4) is 0 Å². The minimum atomic E-state index is 0.149. The number of fused-ring (bicyclic) bond motifs is 1. The zero-order chi connectivity index (χ0) is 13.4. The van der Waals surface area contributed by atoms with Crippen LogP contribution in [0.15, 0.2) is 29.6 Å². The van der Waals surface area contributed by atoms with Gasteiger partial charge in [0.15, 0.2) is 0 Å². The van der Waals surface area contributed by atoms with Crippen LogP contribution in [0.5, 0.6) is 0 Å². The van der Waals surface area contributed by atoms with Crippen molar-refractivity contribution in [2.75, 3.05) is 13.6 Å². The number of alkyl halides is 1. The smallest absolute Gasteiger partial charge is 0.255 e. The summed E-state index contributed by atoms with van der Waals surface area (Å²) in [5.74, 6) is 0.804. The molecule has 1 fully saturated rings. The van der Waals surface area contributed by atoms with E-state index >= 15 is 0 Å². The number of carbonyl (C=O) groups excluding carboxylic acids is 1. The highest BCUT2D eigenvalue weighted by Gasteiger charge is 2.29. The Morgan fingerprint density at radius 2 is 2.16 bits per heavy atom. The standard InChI is InChI=1S/C15H16BrNOS/c1-17(8-10-6-11(16)7-10)15(18)13-9-19-14-5-3-2-4-12(13)14/h2-5,9-11H,6-8H2,1H3. The fraction of sp³-hybridized carbons (Fsp3) is 0.400. The number of hydrogen-bond acceptors (Lipinski definition) is 2. The van der Waals surface area contributed by atoms with E-state index in [0.717, 1.165) is 17.5 Å². The van der Waals surface area contributed by atoms with Crippen LogP contribution in [0.4, 0.5) is 0 Å². The van der Waals surface area contributed by atoms with E-state index in [1.165, 1.54) is 17.5 Å². The van der Waals surface area contributed by atoms with Crippen LogP contribution < -0.4 is 0 Å². The van der Waals surface area contributed by atoms with Gasteiger partial charge in [-0.05, 0) is 24.8 Å². The molecule has 0 atom stereocenters. The Balaban J connectivity index is 1.75. The summed E-state index contributed by atoms with van der Waals surface area (Å²) in [4.78, 5) is 15.0. The number of hydrogen-bond donors (Lipinski definition) is 0. The molecule has 1 aromatic heterocycles. The molecule has 1 amide bonds. The number of thiophene rings is 1. The van der Waals surface area contributed by atoms with Crippen molar-refractivity contribution in [3.63, 3.8) is 0 Å². The quantitative estimate of drug-likeness (QED) is 0.770. The van der Waals surface area contributed by atoms with Crippen molar-refractivity contribution < 1.29 is 4.79 Å². The number of rotatable bonds is 3. The van der Waals surface area contributed by atoms with Gasteiger partial charge in [0.25, 0.3) is 5.91 Å². The van der Waals surface area contributed by atoms with Crippen LogP contribution in [0.3, 0.4) is 0 Å². The molecule has 0 saturated heterocycles. The van der Waals surface area contributed by atoms with Crippen LogP contribution in [0.1, 0.15) is 23.2 Å². The van der Waals surface area contributed by atoms with Crippen LogP contribution in [0, 0.1) is 5.92 Å². The fourth-order valence-electron chi connectivity index (χ4n) is 2.62. The molecule has 1 aliphatic rings. The molecular weight excluding hydrogens is 322 g/mol. The molecule has 19 heavy (non-hydrogen) atoms. The van der Waals surface area contributed by atoms with E-state index in [1.807, 2.05) is 35.5 Å². The van der Waals surface area contributed by atoms with Crippen molar-refractivity contribution in [3.05, 3.63) is 35.2 Å². The molecule has 0 N–H and O–H groups in total. The van der Waals surface area contributed by atoms with E-state index in [4.69, 9.17) is 0 Å². The summed E-state index contributed by atoms with van der Waals surface area (Å²) in [7, 11) is 1.91. The zero-order valence-electron chi connectivity index (χ0n) is 10.8. The first-order valence-corrected chi connectivity index (χ1v) is 8.30. The average Bonchev–Trinajstić information content (AvgIpc) is 2.79. The third kappa shape index (κ3) is 2.56. The summed E-state index contributed by atoms with van der Waals surface area (Å²) >= 11 is 5.24. The second kappa shape index (κ2) is 5.25. The SMILES string of the molecule is CN(CC1CC(Br)C1)C(=O)c1csc2ccccc12. The van der Waals surface area contributed by atoms with E-state index in [1.54, 1.807) is 11.3 Å². The molecule has 2 nitrogen and oxygen atoms in total. The Kier molecular flexibility index (Phi) is 3.63. The van der Waals surface area contributed by atoms with Gasteiger partial charge in [0.1, 0.15) is 0 Å². The van der Waals surface area contributed by atoms with Gasteiger partial charge in [-0.2, -0.15) is 0 Å². The number of halogens is 1. The number of carbonyl (C=O) groups is 1. The van der Waals surface area contributed by atoms with Crippen molar-refractivity contribution in [1.29, 1.82) is 0 Å². The molecule has 1 saturated carbocycles. The first-order chi connectivity index (χ1) is 9.15. The summed E-state index contributed by atoms with van der Waals surface area (Å²) in [6.45, 7) is 0.866. The molecule has 1 heterocycles. The van der Waals surface area contributed by atoms with E-state index in [2.05, 4.69) is 22.0 Å². The first-order valence-electron chi connectivity index (χ1n) is 6.51. The Hall–Kier alpha value is -0.870. The summed E-state index contributed by atoms with van der Waals surface area (Å²) in [6.07, 6.45) is 2.37. The van der Waals surface area contributed by atoms with Crippen molar-refractivity contribution in [2.24, 2.45) is 5.92 Å². The fourth-order valence-corrected chi connectivity index (χ4v) is 4.61. The lowest BCUT2D eigenvalue weighted by molar-refractivity contribution is 0.0751. The second-order valence-electron chi connectivity index (χ2n) is 5.27. The van der Waals surface area contributed by atoms with Gasteiger partial charge in [-0.1, -0.05) is 34.1 Å². The molecule has 0 aliphatic heterocycles. The predicted octanol–water partition coefficient (Wildman–Crippen LogP) is 4.15. The summed E-state index contributed by atoms with van der Waals surface area (Å²) < 4.78 is 1.18. The zero-order valence-corrected chi connectivity index (χ0v) is 13.2. The third-order valence-electron chi connectivity index (χ3n) is 3.77. The lowest BCUT2D eigenvalue weighted by Crippen LogP contribution is -2.37. The van der Waals surface area contributed by atoms with Crippen molar-refractivity contribution in [1.82, 2.24) is 4.90 Å². The summed E-state index contributed by atoms with van der Waals surface area (Å²) in [5.41, 5.74) is 0.845. The van der Waals surface area contributed by atoms with Gasteiger partial charge in [-0.25, -0.2) is 0 Å². The van der Waals surface area contributed by atoms with Crippen molar-refractivity contribution in [2.45, 2.75) is 17.7 Å². The molecular formula is C15H16BrNOS. The lowest BCUT2D eigenvalue weighted by atomic mass is 9.85. The molecule has 1 aliphatic carbocycles. The molecule has 2 aromatic rings. The summed E-state index contributed by atoms with van der Waals surface area (Å²) in [5, 5.41) is 3.06. The molecule has 100 valence electrons. The Labute approximate surface area is 125 Å². The van der Waals surface area contributed by atoms with Gasteiger partial charge in [0, 0.05) is 33.9 Å². The predicted molar refractivity (Wildman–Crippen MR) is 84.2 cm³/mol. The topological polar surface area (TPSA) is 20.3 Å². The number of amides is 1. The molecule has 0 bridgehead atoms. The molecule has 0 spiro atoms. The van der Waals surface area contributed by atoms with Gasteiger partial charge in [0.05, 0.1) is 5.56 Å². The van der Waals surface area contributed by atoms with Gasteiger partial charge < -0.3 is 4.90 Å².